The van der Waals surface area contributed by atoms with Crippen molar-refractivity contribution in [3.8, 4) is 5.88 Å². The zero-order chi connectivity index (χ0) is 25.3. The van der Waals surface area contributed by atoms with Crippen molar-refractivity contribution in [3.63, 3.8) is 0 Å². The number of fused-ring (bicyclic) bond motifs is 2. The Hall–Kier alpha value is -2.35. The minimum atomic E-state index is -0.527. The maximum atomic E-state index is 13.5. The van der Waals surface area contributed by atoms with Crippen LogP contribution in [0.3, 0.4) is 0 Å². The van der Waals surface area contributed by atoms with Gasteiger partial charge in [0.2, 0.25) is 5.88 Å². The van der Waals surface area contributed by atoms with Crippen molar-refractivity contribution in [2.24, 2.45) is 23.7 Å². The number of aromatic nitrogens is 1. The summed E-state index contributed by atoms with van der Waals surface area (Å²) in [5, 5.41) is 14.3. The van der Waals surface area contributed by atoms with E-state index in [1.54, 1.807) is 0 Å². The Bertz CT molecular complexity index is 971. The number of piperidine rings is 1. The van der Waals surface area contributed by atoms with E-state index in [9.17, 15) is 14.7 Å². The lowest BCUT2D eigenvalue weighted by atomic mass is 9.77. The molecule has 1 saturated heterocycles. The van der Waals surface area contributed by atoms with E-state index in [0.717, 1.165) is 70.3 Å². The van der Waals surface area contributed by atoms with Crippen LogP contribution in [-0.4, -0.2) is 60.4 Å². The first-order valence-electron chi connectivity index (χ1n) is 13.9. The van der Waals surface area contributed by atoms with Crippen LogP contribution in [-0.2, 0) is 9.53 Å². The number of methoxy groups -OCH3 is 1. The van der Waals surface area contributed by atoms with Gasteiger partial charge in [-0.1, -0.05) is 6.92 Å². The minimum absolute atomic E-state index is 0.0849. The van der Waals surface area contributed by atoms with Gasteiger partial charge in [-0.25, -0.2) is 0 Å². The van der Waals surface area contributed by atoms with Crippen LogP contribution in [0.5, 0.6) is 5.88 Å². The fourth-order valence-corrected chi connectivity index (χ4v) is 7.39. The van der Waals surface area contributed by atoms with Gasteiger partial charge >= 0.3 is 5.97 Å². The monoisotopic (exact) mass is 499 g/mol. The normalized spacial score (nSPS) is 33.2. The number of hydrogen-bond acceptors (Lipinski definition) is 7. The predicted molar refractivity (Wildman–Crippen MR) is 136 cm³/mol. The van der Waals surface area contributed by atoms with Crippen LogP contribution < -0.4 is 15.0 Å². The first-order valence-corrected chi connectivity index (χ1v) is 13.9. The highest BCUT2D eigenvalue weighted by Crippen LogP contribution is 2.55. The third kappa shape index (κ3) is 5.34. The van der Waals surface area contributed by atoms with Crippen LogP contribution in [0.25, 0.3) is 0 Å². The summed E-state index contributed by atoms with van der Waals surface area (Å²) >= 11 is 0. The van der Waals surface area contributed by atoms with E-state index in [1.165, 1.54) is 13.5 Å². The number of esters is 1. The summed E-state index contributed by atoms with van der Waals surface area (Å²) < 4.78 is 10.8. The van der Waals surface area contributed by atoms with Gasteiger partial charge in [0.25, 0.3) is 5.91 Å². The number of amides is 1. The average Bonchev–Trinajstić information content (AvgIpc) is 3.05. The van der Waals surface area contributed by atoms with Crippen LogP contribution in [0.2, 0.25) is 0 Å². The molecule has 0 spiro atoms. The number of aliphatic hydroxyl groups is 1. The topological polar surface area (TPSA) is 101 Å². The standard InChI is InChI=1S/C28H41N3O5/c1-3-11-36-27-21(7-9-24(30-27)31-10-4-5-19(17-31)13-25(32)35-2)26(33)29-23-8-6-18-12-20-15-28(34,14-18)16-22(20)23/h7,9,18-20,22-23,34H,3-6,8,10-17H2,1-2H3,(H,29,33)/t18?,19-,20?,22?,23?,28-/m0/s1. The maximum Gasteiger partial charge on any atom is 0.305 e. The molecular weight excluding hydrogens is 458 g/mol. The number of hydrogen-bond donors (Lipinski definition) is 2. The summed E-state index contributed by atoms with van der Waals surface area (Å²) in [4.78, 5) is 32.2. The number of nitrogens with zero attached hydrogens (tertiary/aromatic N) is 2. The molecule has 1 amide bonds. The summed E-state index contributed by atoms with van der Waals surface area (Å²) in [5.74, 6) is 2.50. The summed E-state index contributed by atoms with van der Waals surface area (Å²) in [5.41, 5.74) is -0.0570. The van der Waals surface area contributed by atoms with Gasteiger partial charge in [-0.2, -0.15) is 4.98 Å². The molecule has 1 aromatic heterocycles. The van der Waals surface area contributed by atoms with Gasteiger partial charge in [0.15, 0.2) is 0 Å². The van der Waals surface area contributed by atoms with Crippen molar-refractivity contribution < 1.29 is 24.2 Å². The Morgan fingerprint density at radius 2 is 2.08 bits per heavy atom. The molecular formula is C28H41N3O5. The molecule has 2 heterocycles. The molecule has 8 heteroatoms. The first-order chi connectivity index (χ1) is 17.4. The van der Waals surface area contributed by atoms with E-state index >= 15 is 0 Å². The molecule has 6 atom stereocenters. The molecule has 0 radical (unpaired) electrons. The van der Waals surface area contributed by atoms with E-state index in [1.807, 2.05) is 19.1 Å². The van der Waals surface area contributed by atoms with Crippen molar-refractivity contribution in [3.05, 3.63) is 17.7 Å². The zero-order valence-electron chi connectivity index (χ0n) is 21.7. The highest BCUT2D eigenvalue weighted by molar-refractivity contribution is 5.96. The molecule has 3 saturated carbocycles. The lowest BCUT2D eigenvalue weighted by molar-refractivity contribution is -0.141. The Morgan fingerprint density at radius 1 is 1.22 bits per heavy atom. The van der Waals surface area contributed by atoms with Gasteiger partial charge in [-0.05, 0) is 93.6 Å². The number of carbonyl (C=O) groups is 2. The summed E-state index contributed by atoms with van der Waals surface area (Å²) in [7, 11) is 1.43. The molecule has 5 rings (SSSR count). The molecule has 3 bridgehead atoms. The smallest absolute Gasteiger partial charge is 0.305 e. The molecule has 0 aromatic carbocycles. The molecule has 4 unspecified atom stereocenters. The van der Waals surface area contributed by atoms with Crippen LogP contribution in [0.15, 0.2) is 12.1 Å². The molecule has 8 nitrogen and oxygen atoms in total. The van der Waals surface area contributed by atoms with Gasteiger partial charge in [-0.3, -0.25) is 9.59 Å². The highest BCUT2D eigenvalue weighted by atomic mass is 16.5. The summed E-state index contributed by atoms with van der Waals surface area (Å²) in [6.07, 6.45) is 9.05. The Kier molecular flexibility index (Phi) is 7.42. The number of pyridine rings is 1. The van der Waals surface area contributed by atoms with Crippen molar-refractivity contribution >= 4 is 17.7 Å². The van der Waals surface area contributed by atoms with Crippen molar-refractivity contribution in [1.82, 2.24) is 10.3 Å². The minimum Gasteiger partial charge on any atom is -0.477 e. The predicted octanol–water partition coefficient (Wildman–Crippen LogP) is 3.71. The molecule has 3 aliphatic carbocycles. The van der Waals surface area contributed by atoms with Crippen LogP contribution in [0, 0.1) is 23.7 Å². The van der Waals surface area contributed by atoms with Gasteiger partial charge in [0.05, 0.1) is 19.3 Å². The van der Waals surface area contributed by atoms with E-state index in [0.29, 0.717) is 42.2 Å². The first kappa shape index (κ1) is 25.3. The largest absolute Gasteiger partial charge is 0.477 e. The van der Waals surface area contributed by atoms with Gasteiger partial charge in [-0.15, -0.1) is 0 Å². The third-order valence-corrected chi connectivity index (χ3v) is 8.95. The quantitative estimate of drug-likeness (QED) is 0.526. The fraction of sp³-hybridized carbons (Fsp3) is 0.750. The van der Waals surface area contributed by atoms with Crippen LogP contribution in [0.1, 0.15) is 81.5 Å². The van der Waals surface area contributed by atoms with Crippen LogP contribution >= 0.6 is 0 Å². The maximum absolute atomic E-state index is 13.5. The Balaban J connectivity index is 1.31. The second kappa shape index (κ2) is 10.6. The van der Waals surface area contributed by atoms with Gasteiger partial charge in [0, 0.05) is 25.6 Å². The van der Waals surface area contributed by atoms with E-state index in [4.69, 9.17) is 14.5 Å². The van der Waals surface area contributed by atoms with Crippen molar-refractivity contribution in [2.75, 3.05) is 31.7 Å². The van der Waals surface area contributed by atoms with Gasteiger partial charge in [0.1, 0.15) is 11.4 Å². The van der Waals surface area contributed by atoms with Crippen molar-refractivity contribution in [2.45, 2.75) is 82.8 Å². The highest BCUT2D eigenvalue weighted by Gasteiger charge is 2.53. The molecule has 2 N–H and O–H groups in total. The Morgan fingerprint density at radius 3 is 2.89 bits per heavy atom. The van der Waals surface area contributed by atoms with E-state index in [2.05, 4.69) is 10.2 Å². The summed E-state index contributed by atoms with van der Waals surface area (Å²) in [6, 6.07) is 3.82. The van der Waals surface area contributed by atoms with Crippen LogP contribution in [0.4, 0.5) is 5.82 Å². The SMILES string of the molecule is CCCOc1nc(N2CCC[C@@H](CC(=O)OC)C2)ccc1C(=O)NC1CCC2CC3C[C@@](O)(C2)CC31. The third-order valence-electron chi connectivity index (χ3n) is 8.95. The molecule has 198 valence electrons. The fourth-order valence-electron chi connectivity index (χ4n) is 7.39. The summed E-state index contributed by atoms with van der Waals surface area (Å²) in [6.45, 7) is 4.12. The van der Waals surface area contributed by atoms with E-state index in [-0.39, 0.29) is 23.8 Å². The molecule has 1 aliphatic heterocycles. The number of anilines is 1. The Labute approximate surface area is 214 Å². The number of carbonyl (C=O) groups excluding carboxylic acids is 2. The zero-order valence-corrected chi connectivity index (χ0v) is 21.7. The van der Waals surface area contributed by atoms with E-state index < -0.39 is 5.60 Å². The number of nitrogens with one attached hydrogen (secondary N) is 1. The lowest BCUT2D eigenvalue weighted by Crippen LogP contribution is -2.42. The van der Waals surface area contributed by atoms with Crippen molar-refractivity contribution in [1.29, 1.82) is 0 Å². The molecule has 36 heavy (non-hydrogen) atoms. The van der Waals surface area contributed by atoms with Gasteiger partial charge < -0.3 is 24.8 Å². The number of ether oxygens (including phenoxy) is 2. The average molecular weight is 500 g/mol. The molecule has 4 aliphatic rings. The molecule has 4 fully saturated rings. The second-order valence-electron chi connectivity index (χ2n) is 11.6. The second-order valence-corrected chi connectivity index (χ2v) is 11.6. The lowest BCUT2D eigenvalue weighted by Gasteiger charge is -2.34. The number of rotatable bonds is 8. The molecule has 1 aromatic rings.